The maximum Gasteiger partial charge on any atom is 0.0900 e. The van der Waals surface area contributed by atoms with E-state index in [-0.39, 0.29) is 0 Å². The second-order valence-corrected chi connectivity index (χ2v) is 4.45. The molecule has 0 fully saturated rings. The molecule has 17 heavy (non-hydrogen) atoms. The average Bonchev–Trinajstić information content (AvgIpc) is 2.74. The lowest BCUT2D eigenvalue weighted by atomic mass is 10.1. The molecule has 0 radical (unpaired) electrons. The Bertz CT molecular complexity index is 510. The third-order valence-corrected chi connectivity index (χ3v) is 2.95. The Morgan fingerprint density at radius 1 is 1.29 bits per heavy atom. The van der Waals surface area contributed by atoms with Crippen molar-refractivity contribution in [1.82, 2.24) is 15.0 Å². The Balaban J connectivity index is 2.35. The fourth-order valence-corrected chi connectivity index (χ4v) is 2.07. The van der Waals surface area contributed by atoms with Crippen molar-refractivity contribution in [2.75, 3.05) is 6.54 Å². The molecule has 2 rings (SSSR count). The van der Waals surface area contributed by atoms with Crippen LogP contribution in [0.5, 0.6) is 0 Å². The van der Waals surface area contributed by atoms with E-state index in [0.717, 1.165) is 24.2 Å². The highest BCUT2D eigenvalue weighted by Crippen LogP contribution is 2.29. The summed E-state index contributed by atoms with van der Waals surface area (Å²) in [6.45, 7) is 1.35. The first-order valence-corrected chi connectivity index (χ1v) is 6.02. The van der Waals surface area contributed by atoms with Crippen LogP contribution >= 0.6 is 23.2 Å². The van der Waals surface area contributed by atoms with Gasteiger partial charge in [-0.3, -0.25) is 0 Å². The number of nitrogens with two attached hydrogens (primary N) is 1. The van der Waals surface area contributed by atoms with Crippen molar-refractivity contribution in [3.8, 4) is 11.3 Å². The van der Waals surface area contributed by atoms with Crippen molar-refractivity contribution in [3.63, 3.8) is 0 Å². The molecule has 0 saturated carbocycles. The zero-order valence-corrected chi connectivity index (χ0v) is 10.6. The van der Waals surface area contributed by atoms with Gasteiger partial charge in [-0.2, -0.15) is 0 Å². The minimum atomic E-state index is 0.591. The lowest BCUT2D eigenvalue weighted by Gasteiger charge is -2.07. The smallest absolute Gasteiger partial charge is 0.0900 e. The zero-order valence-electron chi connectivity index (χ0n) is 9.11. The van der Waals surface area contributed by atoms with Crippen molar-refractivity contribution in [2.45, 2.75) is 13.0 Å². The molecule has 0 aliphatic carbocycles. The Hall–Kier alpha value is -1.10. The number of rotatable bonds is 4. The van der Waals surface area contributed by atoms with Gasteiger partial charge in [0.2, 0.25) is 0 Å². The second kappa shape index (κ2) is 5.49. The van der Waals surface area contributed by atoms with Gasteiger partial charge in [-0.05, 0) is 31.2 Å². The third kappa shape index (κ3) is 2.77. The number of aryl methyl sites for hydroxylation is 1. The molecule has 0 aliphatic rings. The molecule has 1 heterocycles. The molecule has 2 aromatic rings. The Morgan fingerprint density at radius 2 is 2.12 bits per heavy atom. The Labute approximate surface area is 109 Å². The van der Waals surface area contributed by atoms with Gasteiger partial charge in [-0.1, -0.05) is 28.4 Å². The highest BCUT2D eigenvalue weighted by molar-refractivity contribution is 6.36. The number of aromatic nitrogens is 3. The summed E-state index contributed by atoms with van der Waals surface area (Å²) in [5.41, 5.74) is 7.23. The summed E-state index contributed by atoms with van der Waals surface area (Å²) < 4.78 is 1.79. The van der Waals surface area contributed by atoms with E-state index < -0.39 is 0 Å². The minimum absolute atomic E-state index is 0.591. The van der Waals surface area contributed by atoms with Gasteiger partial charge >= 0.3 is 0 Å². The summed E-state index contributed by atoms with van der Waals surface area (Å²) in [5.74, 6) is 0. The summed E-state index contributed by atoms with van der Waals surface area (Å²) in [4.78, 5) is 0. The van der Waals surface area contributed by atoms with Crippen molar-refractivity contribution in [1.29, 1.82) is 0 Å². The molecule has 2 N–H and O–H groups in total. The molecule has 1 aromatic heterocycles. The summed E-state index contributed by atoms with van der Waals surface area (Å²) in [6, 6.07) is 5.37. The fourth-order valence-electron chi connectivity index (χ4n) is 1.57. The van der Waals surface area contributed by atoms with Crippen LogP contribution in [0.2, 0.25) is 10.0 Å². The normalized spacial score (nSPS) is 10.8. The lowest BCUT2D eigenvalue weighted by Crippen LogP contribution is -2.08. The molecular weight excluding hydrogens is 259 g/mol. The summed E-state index contributed by atoms with van der Waals surface area (Å²) in [7, 11) is 0. The van der Waals surface area contributed by atoms with Gasteiger partial charge in [-0.25, -0.2) is 4.68 Å². The maximum atomic E-state index is 6.15. The third-order valence-electron chi connectivity index (χ3n) is 2.40. The predicted molar refractivity (Wildman–Crippen MR) is 69.1 cm³/mol. The SMILES string of the molecule is NCCCn1nncc1-c1ccc(Cl)cc1Cl. The second-order valence-electron chi connectivity index (χ2n) is 3.61. The number of hydrogen-bond acceptors (Lipinski definition) is 3. The van der Waals surface area contributed by atoms with Crippen LogP contribution in [0, 0.1) is 0 Å². The van der Waals surface area contributed by atoms with Crippen molar-refractivity contribution in [2.24, 2.45) is 5.73 Å². The maximum absolute atomic E-state index is 6.15. The molecule has 6 heteroatoms. The summed E-state index contributed by atoms with van der Waals surface area (Å²) in [5, 5.41) is 9.11. The number of benzene rings is 1. The molecule has 0 amide bonds. The highest BCUT2D eigenvalue weighted by atomic mass is 35.5. The van der Waals surface area contributed by atoms with Crippen molar-refractivity contribution < 1.29 is 0 Å². The summed E-state index contributed by atoms with van der Waals surface area (Å²) >= 11 is 12.0. The van der Waals surface area contributed by atoms with Crippen LogP contribution < -0.4 is 5.73 Å². The van der Waals surface area contributed by atoms with E-state index in [2.05, 4.69) is 10.3 Å². The average molecular weight is 271 g/mol. The molecule has 0 saturated heterocycles. The topological polar surface area (TPSA) is 56.7 Å². The molecule has 0 aliphatic heterocycles. The molecular formula is C11H12Cl2N4. The van der Waals surface area contributed by atoms with Crippen LogP contribution in [-0.4, -0.2) is 21.5 Å². The first kappa shape index (κ1) is 12.4. The summed E-state index contributed by atoms with van der Waals surface area (Å²) in [6.07, 6.45) is 2.53. The van der Waals surface area contributed by atoms with Crippen LogP contribution in [0.25, 0.3) is 11.3 Å². The largest absolute Gasteiger partial charge is 0.330 e. The number of nitrogens with zero attached hydrogens (tertiary/aromatic N) is 3. The first-order valence-electron chi connectivity index (χ1n) is 5.26. The van der Waals surface area contributed by atoms with Gasteiger partial charge in [0.1, 0.15) is 0 Å². The van der Waals surface area contributed by atoms with Gasteiger partial charge < -0.3 is 5.73 Å². The van der Waals surface area contributed by atoms with Crippen LogP contribution in [0.4, 0.5) is 0 Å². The van der Waals surface area contributed by atoms with E-state index in [1.54, 1.807) is 23.0 Å². The van der Waals surface area contributed by atoms with E-state index >= 15 is 0 Å². The van der Waals surface area contributed by atoms with Gasteiger partial charge in [0.25, 0.3) is 0 Å². The van der Waals surface area contributed by atoms with Gasteiger partial charge in [-0.15, -0.1) is 5.10 Å². The van der Waals surface area contributed by atoms with Crippen molar-refractivity contribution >= 4 is 23.2 Å². The molecule has 0 spiro atoms. The van der Waals surface area contributed by atoms with Crippen LogP contribution in [0.15, 0.2) is 24.4 Å². The standard InChI is InChI=1S/C11H12Cl2N4/c12-8-2-3-9(10(13)6-8)11-7-15-16-17(11)5-1-4-14/h2-3,6-7H,1,4-5,14H2. The Morgan fingerprint density at radius 3 is 2.82 bits per heavy atom. The van der Waals surface area contributed by atoms with E-state index in [0.29, 0.717) is 16.6 Å². The van der Waals surface area contributed by atoms with Crippen molar-refractivity contribution in [3.05, 3.63) is 34.4 Å². The van der Waals surface area contributed by atoms with E-state index in [1.807, 2.05) is 6.07 Å². The Kier molecular flexibility index (Phi) is 3.99. The predicted octanol–water partition coefficient (Wildman–Crippen LogP) is 2.60. The molecule has 4 nitrogen and oxygen atoms in total. The molecule has 90 valence electrons. The zero-order chi connectivity index (χ0) is 12.3. The fraction of sp³-hybridized carbons (Fsp3) is 0.273. The highest BCUT2D eigenvalue weighted by Gasteiger charge is 2.10. The van der Waals surface area contributed by atoms with Gasteiger partial charge in [0.05, 0.1) is 16.9 Å². The lowest BCUT2D eigenvalue weighted by molar-refractivity contribution is 0.569. The van der Waals surface area contributed by atoms with E-state index in [4.69, 9.17) is 28.9 Å². The van der Waals surface area contributed by atoms with Crippen LogP contribution in [0.3, 0.4) is 0 Å². The first-order chi connectivity index (χ1) is 8.22. The van der Waals surface area contributed by atoms with Gasteiger partial charge in [0, 0.05) is 17.1 Å². The molecule has 0 atom stereocenters. The number of hydrogen-bond donors (Lipinski definition) is 1. The van der Waals surface area contributed by atoms with E-state index in [1.165, 1.54) is 0 Å². The molecule has 0 unspecified atom stereocenters. The van der Waals surface area contributed by atoms with E-state index in [9.17, 15) is 0 Å². The minimum Gasteiger partial charge on any atom is -0.330 e. The quantitative estimate of drug-likeness (QED) is 0.929. The molecule has 1 aromatic carbocycles. The van der Waals surface area contributed by atoms with Crippen LogP contribution in [0.1, 0.15) is 6.42 Å². The number of halogens is 2. The monoisotopic (exact) mass is 270 g/mol. The van der Waals surface area contributed by atoms with Crippen LogP contribution in [-0.2, 0) is 6.54 Å². The van der Waals surface area contributed by atoms with Gasteiger partial charge in [0.15, 0.2) is 0 Å². The molecule has 0 bridgehead atoms.